The Balaban J connectivity index is 0.00000208. The van der Waals surface area contributed by atoms with Crippen LogP contribution in [0.3, 0.4) is 0 Å². The van der Waals surface area contributed by atoms with Gasteiger partial charge < -0.3 is 10.6 Å². The summed E-state index contributed by atoms with van der Waals surface area (Å²) in [5.74, 6) is 1.39. The summed E-state index contributed by atoms with van der Waals surface area (Å²) in [6.45, 7) is 4.03. The van der Waals surface area contributed by atoms with Crippen LogP contribution in [-0.4, -0.2) is 28.8 Å². The fraction of sp³-hybridized carbons (Fsp3) is 0.412. The molecule has 7 heteroatoms. The number of carbonyl (C=O) groups excluding carboxylic acids is 1. The maximum absolute atomic E-state index is 12.2. The molecule has 1 aliphatic heterocycles. The zero-order valence-electron chi connectivity index (χ0n) is 13.6. The van der Waals surface area contributed by atoms with E-state index in [4.69, 9.17) is 0 Å². The summed E-state index contributed by atoms with van der Waals surface area (Å²) in [6, 6.07) is 9.77. The second kappa shape index (κ2) is 8.65. The van der Waals surface area contributed by atoms with Crippen molar-refractivity contribution >= 4 is 40.1 Å². The smallest absolute Gasteiger partial charge is 0.225 e. The van der Waals surface area contributed by atoms with Gasteiger partial charge >= 0.3 is 0 Å². The lowest BCUT2D eigenvalue weighted by Crippen LogP contribution is -2.17. The molecular formula is C17H22BrClN4O. The van der Waals surface area contributed by atoms with Gasteiger partial charge in [-0.05, 0) is 57.0 Å². The Hall–Kier alpha value is -1.37. The Kier molecular flexibility index (Phi) is 6.83. The molecule has 1 aliphatic rings. The fourth-order valence-electron chi connectivity index (χ4n) is 2.89. The number of hydrogen-bond donors (Lipinski definition) is 2. The monoisotopic (exact) mass is 412 g/mol. The average Bonchev–Trinajstić information content (AvgIpc) is 3.15. The summed E-state index contributed by atoms with van der Waals surface area (Å²) < 4.78 is 2.75. The molecule has 3 rings (SSSR count). The van der Waals surface area contributed by atoms with Gasteiger partial charge in [0.15, 0.2) is 0 Å². The highest BCUT2D eigenvalue weighted by molar-refractivity contribution is 9.10. The van der Waals surface area contributed by atoms with E-state index in [0.717, 1.165) is 41.2 Å². The van der Waals surface area contributed by atoms with E-state index in [-0.39, 0.29) is 18.3 Å². The van der Waals surface area contributed by atoms with Crippen molar-refractivity contribution in [3.8, 4) is 5.69 Å². The van der Waals surface area contributed by atoms with Crippen molar-refractivity contribution < 1.29 is 4.79 Å². The van der Waals surface area contributed by atoms with Crippen LogP contribution in [0.4, 0.5) is 5.82 Å². The highest BCUT2D eigenvalue weighted by Crippen LogP contribution is 2.21. The maximum atomic E-state index is 12.2. The standard InChI is InChI=1S/C17H21BrN4O.ClH/c1-12-9-16(20-17(23)6-5-13-7-8-19-11-13)22(21-12)15-4-2-3-14(18)10-15;/h2-4,9-10,13,19H,5-8,11H2,1H3,(H,20,23);1H. The molecule has 1 saturated heterocycles. The van der Waals surface area contributed by atoms with Gasteiger partial charge in [-0.2, -0.15) is 5.10 Å². The number of aryl methyl sites for hydroxylation is 1. The first-order chi connectivity index (χ1) is 11.1. The zero-order chi connectivity index (χ0) is 16.2. The van der Waals surface area contributed by atoms with Crippen LogP contribution in [-0.2, 0) is 4.79 Å². The van der Waals surface area contributed by atoms with Crippen molar-refractivity contribution in [1.29, 1.82) is 0 Å². The third-order valence-corrected chi connectivity index (χ3v) is 4.59. The maximum Gasteiger partial charge on any atom is 0.225 e. The number of hydrogen-bond acceptors (Lipinski definition) is 3. The van der Waals surface area contributed by atoms with Crippen LogP contribution in [0.5, 0.6) is 0 Å². The van der Waals surface area contributed by atoms with E-state index in [0.29, 0.717) is 12.3 Å². The second-order valence-corrected chi connectivity index (χ2v) is 6.92. The van der Waals surface area contributed by atoms with Gasteiger partial charge in [0, 0.05) is 17.0 Å². The van der Waals surface area contributed by atoms with Gasteiger partial charge in [0.25, 0.3) is 0 Å². The molecule has 130 valence electrons. The van der Waals surface area contributed by atoms with Crippen molar-refractivity contribution in [2.24, 2.45) is 5.92 Å². The first-order valence-electron chi connectivity index (χ1n) is 7.95. The molecule has 1 atom stereocenters. The molecule has 1 fully saturated rings. The van der Waals surface area contributed by atoms with Crippen LogP contribution in [0.1, 0.15) is 25.0 Å². The van der Waals surface area contributed by atoms with Gasteiger partial charge in [-0.1, -0.05) is 22.0 Å². The third kappa shape index (κ3) is 4.82. The van der Waals surface area contributed by atoms with Crippen LogP contribution < -0.4 is 10.6 Å². The van der Waals surface area contributed by atoms with E-state index in [1.165, 1.54) is 6.42 Å². The zero-order valence-corrected chi connectivity index (χ0v) is 16.0. The molecule has 2 N–H and O–H groups in total. The number of rotatable bonds is 5. The SMILES string of the molecule is Cc1cc(NC(=O)CCC2CCNC2)n(-c2cccc(Br)c2)n1.Cl. The minimum Gasteiger partial charge on any atom is -0.316 e. The van der Waals surface area contributed by atoms with Crippen LogP contribution in [0.25, 0.3) is 5.69 Å². The quantitative estimate of drug-likeness (QED) is 0.786. The minimum atomic E-state index is 0. The number of aromatic nitrogens is 2. The van der Waals surface area contributed by atoms with Crippen molar-refractivity contribution in [3.05, 3.63) is 40.5 Å². The van der Waals surface area contributed by atoms with Gasteiger partial charge in [-0.15, -0.1) is 12.4 Å². The normalized spacial score (nSPS) is 16.7. The number of nitrogens with one attached hydrogen (secondary N) is 2. The Morgan fingerprint density at radius 2 is 2.29 bits per heavy atom. The molecule has 24 heavy (non-hydrogen) atoms. The molecule has 1 aromatic heterocycles. The molecule has 5 nitrogen and oxygen atoms in total. The minimum absolute atomic E-state index is 0. The van der Waals surface area contributed by atoms with E-state index in [9.17, 15) is 4.79 Å². The lowest BCUT2D eigenvalue weighted by atomic mass is 10.0. The fourth-order valence-corrected chi connectivity index (χ4v) is 3.28. The summed E-state index contributed by atoms with van der Waals surface area (Å²) >= 11 is 3.47. The van der Waals surface area contributed by atoms with Gasteiger partial charge in [0.05, 0.1) is 11.4 Å². The van der Waals surface area contributed by atoms with E-state index in [1.54, 1.807) is 4.68 Å². The Bertz CT molecular complexity index is 698. The van der Waals surface area contributed by atoms with Gasteiger partial charge in [0.2, 0.25) is 5.91 Å². The highest BCUT2D eigenvalue weighted by atomic mass is 79.9. The summed E-state index contributed by atoms with van der Waals surface area (Å²) in [4.78, 5) is 12.2. The van der Waals surface area contributed by atoms with E-state index in [1.807, 2.05) is 37.3 Å². The van der Waals surface area contributed by atoms with E-state index < -0.39 is 0 Å². The molecule has 0 bridgehead atoms. The van der Waals surface area contributed by atoms with Crippen LogP contribution >= 0.6 is 28.3 Å². The number of amides is 1. The highest BCUT2D eigenvalue weighted by Gasteiger charge is 2.17. The molecule has 1 amide bonds. The number of anilines is 1. The third-order valence-electron chi connectivity index (χ3n) is 4.09. The Labute approximate surface area is 156 Å². The summed E-state index contributed by atoms with van der Waals surface area (Å²) in [7, 11) is 0. The lowest BCUT2D eigenvalue weighted by molar-refractivity contribution is -0.116. The number of benzene rings is 1. The largest absolute Gasteiger partial charge is 0.316 e. The molecule has 0 aliphatic carbocycles. The van der Waals surface area contributed by atoms with Crippen molar-refractivity contribution in [2.75, 3.05) is 18.4 Å². The summed E-state index contributed by atoms with van der Waals surface area (Å²) in [5, 5.41) is 10.8. The first kappa shape index (κ1) is 19.0. The van der Waals surface area contributed by atoms with Crippen LogP contribution in [0.2, 0.25) is 0 Å². The molecule has 2 aromatic rings. The molecule has 2 heterocycles. The van der Waals surface area contributed by atoms with Crippen LogP contribution in [0.15, 0.2) is 34.8 Å². The summed E-state index contributed by atoms with van der Waals surface area (Å²) in [5.41, 5.74) is 1.79. The van der Waals surface area contributed by atoms with Crippen molar-refractivity contribution in [3.63, 3.8) is 0 Å². The van der Waals surface area contributed by atoms with Crippen LogP contribution in [0, 0.1) is 12.8 Å². The van der Waals surface area contributed by atoms with Gasteiger partial charge in [0.1, 0.15) is 5.82 Å². The predicted octanol–water partition coefficient (Wildman–Crippen LogP) is 3.69. The Morgan fingerprint density at radius 1 is 1.46 bits per heavy atom. The number of carbonyl (C=O) groups is 1. The van der Waals surface area contributed by atoms with Crippen molar-refractivity contribution in [1.82, 2.24) is 15.1 Å². The van der Waals surface area contributed by atoms with Crippen molar-refractivity contribution in [2.45, 2.75) is 26.2 Å². The van der Waals surface area contributed by atoms with E-state index >= 15 is 0 Å². The molecule has 0 radical (unpaired) electrons. The average molecular weight is 414 g/mol. The molecule has 1 unspecified atom stereocenters. The second-order valence-electron chi connectivity index (χ2n) is 6.01. The topological polar surface area (TPSA) is 59.0 Å². The molecule has 0 spiro atoms. The van der Waals surface area contributed by atoms with Gasteiger partial charge in [-0.3, -0.25) is 4.79 Å². The Morgan fingerprint density at radius 3 is 3.00 bits per heavy atom. The molecular weight excluding hydrogens is 392 g/mol. The van der Waals surface area contributed by atoms with Gasteiger partial charge in [-0.25, -0.2) is 4.68 Å². The molecule has 0 saturated carbocycles. The summed E-state index contributed by atoms with van der Waals surface area (Å²) in [6.07, 6.45) is 2.65. The van der Waals surface area contributed by atoms with E-state index in [2.05, 4.69) is 31.7 Å². The molecule has 1 aromatic carbocycles. The number of nitrogens with zero attached hydrogens (tertiary/aromatic N) is 2. The first-order valence-corrected chi connectivity index (χ1v) is 8.74. The number of halogens is 2. The lowest BCUT2D eigenvalue weighted by Gasteiger charge is -2.11. The predicted molar refractivity (Wildman–Crippen MR) is 102 cm³/mol.